The van der Waals surface area contributed by atoms with Gasteiger partial charge in [0.15, 0.2) is 0 Å². The third kappa shape index (κ3) is 5.95. The maximum atomic E-state index is 13.4. The highest BCUT2D eigenvalue weighted by Crippen LogP contribution is 2.38. The molecule has 3 unspecified atom stereocenters. The van der Waals surface area contributed by atoms with Gasteiger partial charge in [-0.1, -0.05) is 30.3 Å². The second kappa shape index (κ2) is 9.94. The molecule has 0 radical (unpaired) electrons. The molecule has 3 aliphatic rings. The molecule has 2 heterocycles. The van der Waals surface area contributed by atoms with Crippen LogP contribution in [0.1, 0.15) is 58.6 Å². The Hall–Kier alpha value is -2.59. The van der Waals surface area contributed by atoms with Gasteiger partial charge in [-0.25, -0.2) is 0 Å². The van der Waals surface area contributed by atoms with Gasteiger partial charge in [0.2, 0.25) is 0 Å². The minimum absolute atomic E-state index is 0.0449. The molecule has 0 aromatic heterocycles. The van der Waals surface area contributed by atoms with Crippen LogP contribution >= 0.6 is 0 Å². The van der Waals surface area contributed by atoms with E-state index >= 15 is 0 Å². The molecule has 2 aromatic carbocycles. The van der Waals surface area contributed by atoms with Crippen molar-refractivity contribution in [2.75, 3.05) is 26.2 Å². The van der Waals surface area contributed by atoms with Crippen molar-refractivity contribution in [3.8, 4) is 0 Å². The smallest absolute Gasteiger partial charge is 0.374 e. The first kappa shape index (κ1) is 26.0. The number of rotatable bonds is 5. The average molecular weight is 527 g/mol. The van der Waals surface area contributed by atoms with Crippen molar-refractivity contribution in [2.24, 2.45) is 0 Å². The molecule has 4 nitrogen and oxygen atoms in total. The fourth-order valence-electron chi connectivity index (χ4n) is 5.49. The van der Waals surface area contributed by atoms with Crippen molar-refractivity contribution in [1.29, 1.82) is 0 Å². The highest BCUT2D eigenvalue weighted by atomic mass is 19.4. The number of hydrogen-bond donors (Lipinski definition) is 0. The van der Waals surface area contributed by atoms with Gasteiger partial charge in [-0.05, 0) is 49.4 Å². The van der Waals surface area contributed by atoms with Gasteiger partial charge in [-0.15, -0.1) is 0 Å². The van der Waals surface area contributed by atoms with Gasteiger partial charge >= 0.3 is 12.4 Å². The van der Waals surface area contributed by atoms with Crippen LogP contribution in [0.15, 0.2) is 48.5 Å². The van der Waals surface area contributed by atoms with E-state index in [1.165, 1.54) is 4.90 Å². The summed E-state index contributed by atoms with van der Waals surface area (Å²) in [5.41, 5.74) is -2.60. The first-order chi connectivity index (χ1) is 17.5. The number of ether oxygens (including phenoxy) is 1. The minimum Gasteiger partial charge on any atom is -0.374 e. The van der Waals surface area contributed by atoms with Gasteiger partial charge < -0.3 is 9.64 Å². The Morgan fingerprint density at radius 2 is 1.43 bits per heavy atom. The molecule has 0 N–H and O–H groups in total. The Labute approximate surface area is 211 Å². The van der Waals surface area contributed by atoms with E-state index in [9.17, 15) is 31.1 Å². The Balaban J connectivity index is 1.39. The van der Waals surface area contributed by atoms with Crippen molar-refractivity contribution in [3.63, 3.8) is 0 Å². The zero-order valence-electron chi connectivity index (χ0n) is 20.1. The standard InChI is InChI=1S/C27H28F6N2O2/c28-26(29,30)19-12-18(13-20(14-19)27(31,32)33)25(36)35-11-9-24(23(16-35)17-4-2-1-3-5-17)34-10-8-22(15-34)37-21-6-7-21/h1-5,12-14,21-24H,6-11,15-16H2. The van der Waals surface area contributed by atoms with Crippen LogP contribution in [0.2, 0.25) is 0 Å². The van der Waals surface area contributed by atoms with Gasteiger partial charge in [0, 0.05) is 43.7 Å². The molecule has 1 saturated carbocycles. The predicted molar refractivity (Wildman–Crippen MR) is 124 cm³/mol. The van der Waals surface area contributed by atoms with Gasteiger partial charge in [-0.2, -0.15) is 26.3 Å². The summed E-state index contributed by atoms with van der Waals surface area (Å²) < 4.78 is 86.2. The fraction of sp³-hybridized carbons (Fsp3) is 0.519. The first-order valence-electron chi connectivity index (χ1n) is 12.5. The second-order valence-electron chi connectivity index (χ2n) is 10.2. The summed E-state index contributed by atoms with van der Waals surface area (Å²) in [5, 5.41) is 0. The van der Waals surface area contributed by atoms with Gasteiger partial charge in [0.1, 0.15) is 0 Å². The Bertz CT molecular complexity index is 1080. The fourth-order valence-corrected chi connectivity index (χ4v) is 5.49. The van der Waals surface area contributed by atoms with Crippen LogP contribution in [-0.4, -0.2) is 60.1 Å². The molecule has 0 bridgehead atoms. The summed E-state index contributed by atoms with van der Waals surface area (Å²) in [7, 11) is 0. The molecule has 1 aliphatic carbocycles. The van der Waals surface area contributed by atoms with Crippen molar-refractivity contribution in [1.82, 2.24) is 9.80 Å². The summed E-state index contributed by atoms with van der Waals surface area (Å²) in [5.74, 6) is -0.959. The topological polar surface area (TPSA) is 32.8 Å². The molecule has 10 heteroatoms. The average Bonchev–Trinajstić information content (AvgIpc) is 3.56. The summed E-state index contributed by atoms with van der Waals surface area (Å²) in [4.78, 5) is 17.0. The lowest BCUT2D eigenvalue weighted by Gasteiger charge is -2.43. The van der Waals surface area contributed by atoms with Crippen LogP contribution in [0.25, 0.3) is 0 Å². The van der Waals surface area contributed by atoms with Gasteiger partial charge in [0.05, 0.1) is 23.3 Å². The highest BCUT2D eigenvalue weighted by Gasteiger charge is 2.42. The number of amides is 1. The number of halogens is 6. The minimum atomic E-state index is -5.01. The van der Waals surface area contributed by atoms with E-state index < -0.39 is 35.0 Å². The van der Waals surface area contributed by atoms with E-state index in [0.717, 1.165) is 37.9 Å². The first-order valence-corrected chi connectivity index (χ1v) is 12.5. The lowest BCUT2D eigenvalue weighted by atomic mass is 9.84. The van der Waals surface area contributed by atoms with Gasteiger partial charge in [-0.3, -0.25) is 9.69 Å². The lowest BCUT2D eigenvalue weighted by Crippen LogP contribution is -2.51. The zero-order valence-corrected chi connectivity index (χ0v) is 20.1. The number of alkyl halides is 6. The third-order valence-electron chi connectivity index (χ3n) is 7.48. The highest BCUT2D eigenvalue weighted by molar-refractivity contribution is 5.95. The summed E-state index contributed by atoms with van der Waals surface area (Å²) in [6.07, 6.45) is -5.84. The maximum absolute atomic E-state index is 13.4. The molecular weight excluding hydrogens is 498 g/mol. The van der Waals surface area contributed by atoms with E-state index in [0.29, 0.717) is 24.7 Å². The molecule has 0 spiro atoms. The van der Waals surface area contributed by atoms with E-state index in [2.05, 4.69) is 4.90 Å². The van der Waals surface area contributed by atoms with Crippen LogP contribution in [0.4, 0.5) is 26.3 Å². The van der Waals surface area contributed by atoms with Crippen LogP contribution in [0, 0.1) is 0 Å². The molecule has 37 heavy (non-hydrogen) atoms. The number of likely N-dealkylation sites (tertiary alicyclic amines) is 2. The lowest BCUT2D eigenvalue weighted by molar-refractivity contribution is -0.143. The molecule has 2 aromatic rings. The molecule has 3 fully saturated rings. The van der Waals surface area contributed by atoms with E-state index in [1.807, 2.05) is 30.3 Å². The summed E-state index contributed by atoms with van der Waals surface area (Å²) >= 11 is 0. The largest absolute Gasteiger partial charge is 0.416 e. The predicted octanol–water partition coefficient (Wildman–Crippen LogP) is 5.98. The van der Waals surface area contributed by atoms with Crippen LogP contribution < -0.4 is 0 Å². The Morgan fingerprint density at radius 3 is 2.03 bits per heavy atom. The Morgan fingerprint density at radius 1 is 0.784 bits per heavy atom. The molecule has 2 saturated heterocycles. The Kier molecular flexibility index (Phi) is 7.00. The van der Waals surface area contributed by atoms with Crippen molar-refractivity contribution < 1.29 is 35.9 Å². The van der Waals surface area contributed by atoms with E-state index in [1.54, 1.807) is 0 Å². The number of benzene rings is 2. The molecule has 1 amide bonds. The normalized spacial score (nSPS) is 25.5. The van der Waals surface area contributed by atoms with Gasteiger partial charge in [0.25, 0.3) is 5.91 Å². The molecule has 3 atom stereocenters. The second-order valence-corrected chi connectivity index (χ2v) is 10.2. The van der Waals surface area contributed by atoms with Crippen LogP contribution in [-0.2, 0) is 17.1 Å². The van der Waals surface area contributed by atoms with E-state index in [-0.39, 0.29) is 37.2 Å². The van der Waals surface area contributed by atoms with Crippen molar-refractivity contribution in [3.05, 3.63) is 70.8 Å². The molecule has 200 valence electrons. The number of carbonyl (C=O) groups excluding carboxylic acids is 1. The maximum Gasteiger partial charge on any atom is 0.416 e. The number of hydrogen-bond acceptors (Lipinski definition) is 3. The van der Waals surface area contributed by atoms with Crippen LogP contribution in [0.3, 0.4) is 0 Å². The number of piperidine rings is 1. The molecule has 5 rings (SSSR count). The summed E-state index contributed by atoms with van der Waals surface area (Å²) in [6, 6.07) is 10.7. The number of carbonyl (C=O) groups is 1. The molecule has 2 aliphatic heterocycles. The van der Waals surface area contributed by atoms with E-state index in [4.69, 9.17) is 4.74 Å². The van der Waals surface area contributed by atoms with Crippen LogP contribution in [0.5, 0.6) is 0 Å². The number of nitrogens with zero attached hydrogens (tertiary/aromatic N) is 2. The zero-order chi connectivity index (χ0) is 26.4. The van der Waals surface area contributed by atoms with Crippen molar-refractivity contribution >= 4 is 5.91 Å². The third-order valence-corrected chi connectivity index (χ3v) is 7.48. The quantitative estimate of drug-likeness (QED) is 0.450. The van der Waals surface area contributed by atoms with Crippen molar-refractivity contribution in [2.45, 2.75) is 62.2 Å². The SMILES string of the molecule is O=C(c1cc(C(F)(F)F)cc(C(F)(F)F)c1)N1CCC(N2CCC(OC3CC3)C2)C(c2ccccc2)C1. The molecular formula is C27H28F6N2O2. The monoisotopic (exact) mass is 526 g/mol. The summed E-state index contributed by atoms with van der Waals surface area (Å²) in [6.45, 7) is 2.08.